The van der Waals surface area contributed by atoms with Gasteiger partial charge in [0.2, 0.25) is 0 Å². The average molecular weight is 393 g/mol. The highest BCUT2D eigenvalue weighted by molar-refractivity contribution is 5.85. The summed E-state index contributed by atoms with van der Waals surface area (Å²) >= 11 is 0. The fraction of sp³-hybridized carbons (Fsp3) is 0.667. The quantitative estimate of drug-likeness (QED) is 0.806. The summed E-state index contributed by atoms with van der Waals surface area (Å²) in [5, 5.41) is 13.4. The lowest BCUT2D eigenvalue weighted by Gasteiger charge is -2.41. The van der Waals surface area contributed by atoms with Gasteiger partial charge in [-0.1, -0.05) is 6.07 Å². The number of benzene rings is 1. The Labute approximate surface area is 162 Å². The van der Waals surface area contributed by atoms with Crippen LogP contribution in [0.5, 0.6) is 11.5 Å². The first-order valence-electron chi connectivity index (χ1n) is 8.78. The summed E-state index contributed by atoms with van der Waals surface area (Å²) in [5.41, 5.74) is 1.25. The van der Waals surface area contributed by atoms with Crippen molar-refractivity contribution in [1.82, 2.24) is 10.2 Å². The van der Waals surface area contributed by atoms with E-state index in [2.05, 4.69) is 16.3 Å². The largest absolute Gasteiger partial charge is 0.504 e. The second-order valence-electron chi connectivity index (χ2n) is 6.34. The van der Waals surface area contributed by atoms with E-state index in [1.54, 1.807) is 6.07 Å². The Morgan fingerprint density at radius 3 is 2.56 bits per heavy atom. The SMILES string of the molecule is CCOc1cc([C@H](C2CCOCC2)N2CCNCC2)ccc1O.Cl.Cl. The number of halogens is 2. The summed E-state index contributed by atoms with van der Waals surface area (Å²) in [6.45, 7) is 8.41. The Morgan fingerprint density at radius 2 is 1.92 bits per heavy atom. The number of ether oxygens (including phenoxy) is 2. The van der Waals surface area contributed by atoms with Crippen molar-refractivity contribution in [3.05, 3.63) is 23.8 Å². The molecule has 0 radical (unpaired) electrons. The Kier molecular flexibility index (Phi) is 9.90. The third-order valence-electron chi connectivity index (χ3n) is 4.88. The van der Waals surface area contributed by atoms with Gasteiger partial charge in [-0.2, -0.15) is 0 Å². The monoisotopic (exact) mass is 392 g/mol. The maximum Gasteiger partial charge on any atom is 0.161 e. The van der Waals surface area contributed by atoms with E-state index >= 15 is 0 Å². The standard InChI is InChI=1S/C18H28N2O3.2ClH/c1-2-23-17-13-15(3-4-16(17)21)18(14-5-11-22-12-6-14)20-9-7-19-8-10-20;;/h3-4,13-14,18-19,21H,2,5-12H2,1H3;2*1H/t18-;;/m0../s1. The second-order valence-corrected chi connectivity index (χ2v) is 6.34. The molecule has 0 aromatic heterocycles. The summed E-state index contributed by atoms with van der Waals surface area (Å²) in [7, 11) is 0. The summed E-state index contributed by atoms with van der Waals surface area (Å²) in [6.07, 6.45) is 2.19. The number of hydrogen-bond acceptors (Lipinski definition) is 5. The van der Waals surface area contributed by atoms with E-state index in [-0.39, 0.29) is 30.6 Å². The van der Waals surface area contributed by atoms with E-state index in [1.807, 2.05) is 13.0 Å². The van der Waals surface area contributed by atoms with Crippen LogP contribution in [-0.4, -0.2) is 56.0 Å². The van der Waals surface area contributed by atoms with E-state index in [4.69, 9.17) is 9.47 Å². The molecule has 0 spiro atoms. The Bertz CT molecular complexity index is 489. The van der Waals surface area contributed by atoms with Crippen molar-refractivity contribution >= 4 is 24.8 Å². The van der Waals surface area contributed by atoms with Crippen molar-refractivity contribution in [3.63, 3.8) is 0 Å². The smallest absolute Gasteiger partial charge is 0.161 e. The van der Waals surface area contributed by atoms with Crippen LogP contribution < -0.4 is 10.1 Å². The predicted molar refractivity (Wildman–Crippen MR) is 104 cm³/mol. The molecule has 1 aromatic carbocycles. The lowest BCUT2D eigenvalue weighted by atomic mass is 9.85. The van der Waals surface area contributed by atoms with Crippen molar-refractivity contribution in [3.8, 4) is 11.5 Å². The summed E-state index contributed by atoms with van der Waals surface area (Å²) < 4.78 is 11.2. The Morgan fingerprint density at radius 1 is 1.24 bits per heavy atom. The first kappa shape index (κ1) is 22.3. The molecule has 7 heteroatoms. The fourth-order valence-corrected chi connectivity index (χ4v) is 3.76. The normalized spacial score (nSPS) is 20.2. The van der Waals surface area contributed by atoms with Crippen LogP contribution >= 0.6 is 24.8 Å². The highest BCUT2D eigenvalue weighted by Gasteiger charge is 2.31. The molecule has 2 fully saturated rings. The average Bonchev–Trinajstić information content (AvgIpc) is 2.60. The zero-order chi connectivity index (χ0) is 16.1. The van der Waals surface area contributed by atoms with Crippen LogP contribution in [-0.2, 0) is 4.74 Å². The van der Waals surface area contributed by atoms with E-state index < -0.39 is 0 Å². The first-order valence-corrected chi connectivity index (χ1v) is 8.78. The molecule has 144 valence electrons. The molecule has 2 aliphatic rings. The predicted octanol–water partition coefficient (Wildman–Crippen LogP) is 3.01. The van der Waals surface area contributed by atoms with Crippen molar-refractivity contribution in [1.29, 1.82) is 0 Å². The van der Waals surface area contributed by atoms with Crippen molar-refractivity contribution in [2.75, 3.05) is 46.0 Å². The molecule has 2 aliphatic heterocycles. The molecular formula is C18H30Cl2N2O3. The summed E-state index contributed by atoms with van der Waals surface area (Å²) in [4.78, 5) is 2.58. The third kappa shape index (κ3) is 5.63. The molecule has 0 unspecified atom stereocenters. The van der Waals surface area contributed by atoms with E-state index in [9.17, 15) is 5.11 Å². The van der Waals surface area contributed by atoms with Gasteiger partial charge in [-0.15, -0.1) is 24.8 Å². The van der Waals surface area contributed by atoms with Gasteiger partial charge < -0.3 is 19.9 Å². The molecule has 2 saturated heterocycles. The van der Waals surface area contributed by atoms with Crippen LogP contribution in [0.2, 0.25) is 0 Å². The lowest BCUT2D eigenvalue weighted by molar-refractivity contribution is 0.0212. The highest BCUT2D eigenvalue weighted by Crippen LogP contribution is 2.38. The van der Waals surface area contributed by atoms with Gasteiger partial charge in [0.25, 0.3) is 0 Å². The molecule has 1 atom stereocenters. The Hall–Kier alpha value is -0.720. The van der Waals surface area contributed by atoms with Crippen LogP contribution in [0.25, 0.3) is 0 Å². The van der Waals surface area contributed by atoms with Crippen LogP contribution in [0.15, 0.2) is 18.2 Å². The van der Waals surface area contributed by atoms with E-state index in [0.29, 0.717) is 24.3 Å². The fourth-order valence-electron chi connectivity index (χ4n) is 3.76. The molecule has 25 heavy (non-hydrogen) atoms. The van der Waals surface area contributed by atoms with Gasteiger partial charge in [0.1, 0.15) is 0 Å². The lowest BCUT2D eigenvalue weighted by Crippen LogP contribution is -2.47. The second kappa shape index (κ2) is 11.1. The van der Waals surface area contributed by atoms with Gasteiger partial charge in [0.05, 0.1) is 6.61 Å². The maximum absolute atomic E-state index is 10.00. The number of hydrogen-bond donors (Lipinski definition) is 2. The molecule has 2 heterocycles. The molecule has 0 amide bonds. The summed E-state index contributed by atoms with van der Waals surface area (Å²) in [6, 6.07) is 6.23. The molecule has 5 nitrogen and oxygen atoms in total. The van der Waals surface area contributed by atoms with Crippen LogP contribution in [0.1, 0.15) is 31.4 Å². The van der Waals surface area contributed by atoms with Crippen LogP contribution in [0.4, 0.5) is 0 Å². The molecule has 0 saturated carbocycles. The van der Waals surface area contributed by atoms with Crippen molar-refractivity contribution in [2.45, 2.75) is 25.8 Å². The number of phenols is 1. The Balaban J connectivity index is 0.00000156. The zero-order valence-electron chi connectivity index (χ0n) is 14.8. The van der Waals surface area contributed by atoms with Gasteiger partial charge in [-0.3, -0.25) is 4.90 Å². The zero-order valence-corrected chi connectivity index (χ0v) is 16.4. The minimum atomic E-state index is 0. The number of phenolic OH excluding ortho intramolecular Hbond substituents is 1. The van der Waals surface area contributed by atoms with E-state index in [1.165, 1.54) is 5.56 Å². The first-order chi connectivity index (χ1) is 11.3. The number of rotatable bonds is 5. The number of nitrogens with one attached hydrogen (secondary N) is 1. The molecule has 0 bridgehead atoms. The van der Waals surface area contributed by atoms with Crippen LogP contribution in [0.3, 0.4) is 0 Å². The number of piperazine rings is 1. The molecule has 3 rings (SSSR count). The third-order valence-corrected chi connectivity index (χ3v) is 4.88. The van der Waals surface area contributed by atoms with Gasteiger partial charge in [0, 0.05) is 45.4 Å². The topological polar surface area (TPSA) is 54.0 Å². The minimum Gasteiger partial charge on any atom is -0.504 e. The van der Waals surface area contributed by atoms with Gasteiger partial charge in [-0.05, 0) is 43.4 Å². The molecular weight excluding hydrogens is 363 g/mol. The van der Waals surface area contributed by atoms with Crippen molar-refractivity contribution in [2.24, 2.45) is 5.92 Å². The number of aromatic hydroxyl groups is 1. The van der Waals surface area contributed by atoms with Crippen LogP contribution in [0, 0.1) is 5.92 Å². The molecule has 2 N–H and O–H groups in total. The molecule has 0 aliphatic carbocycles. The van der Waals surface area contributed by atoms with Gasteiger partial charge in [0.15, 0.2) is 11.5 Å². The highest BCUT2D eigenvalue weighted by atomic mass is 35.5. The minimum absolute atomic E-state index is 0. The summed E-state index contributed by atoms with van der Waals surface area (Å²) in [5.74, 6) is 1.42. The maximum atomic E-state index is 10.00. The van der Waals surface area contributed by atoms with E-state index in [0.717, 1.165) is 52.2 Å². The van der Waals surface area contributed by atoms with Gasteiger partial charge >= 0.3 is 0 Å². The van der Waals surface area contributed by atoms with Crippen molar-refractivity contribution < 1.29 is 14.6 Å². The molecule has 1 aromatic rings. The van der Waals surface area contributed by atoms with Gasteiger partial charge in [-0.25, -0.2) is 0 Å². The number of nitrogens with zero attached hydrogens (tertiary/aromatic N) is 1.